The predicted octanol–water partition coefficient (Wildman–Crippen LogP) is 22.0. The molecule has 0 aliphatic carbocycles. The number of allylic oxidation sites excluding steroid dienone is 10. The van der Waals surface area contributed by atoms with Gasteiger partial charge in [0, 0.05) is 12.8 Å². The summed E-state index contributed by atoms with van der Waals surface area (Å²) in [5.74, 6) is -0.816. The molecule has 0 radical (unpaired) electrons. The normalized spacial score (nSPS) is 13.5. The molecule has 10 heteroatoms. The van der Waals surface area contributed by atoms with E-state index in [1.807, 2.05) is 21.1 Å². The van der Waals surface area contributed by atoms with E-state index in [4.69, 9.17) is 18.5 Å². The van der Waals surface area contributed by atoms with Crippen molar-refractivity contribution in [3.05, 3.63) is 60.8 Å². The summed E-state index contributed by atoms with van der Waals surface area (Å²) in [7, 11) is 1.18. The lowest BCUT2D eigenvalue weighted by Gasteiger charge is -2.28. The Morgan fingerprint density at radius 3 is 1.04 bits per heavy atom. The molecular formula is C72H134NO8P. The molecule has 0 bridgehead atoms. The third-order valence-corrected chi connectivity index (χ3v) is 16.5. The summed E-state index contributed by atoms with van der Waals surface area (Å²) < 4.78 is 34.3. The third kappa shape index (κ3) is 66.8. The number of hydrogen-bond acceptors (Lipinski definition) is 8. The fourth-order valence-corrected chi connectivity index (χ4v) is 10.9. The number of rotatable bonds is 65. The maximum Gasteiger partial charge on any atom is 0.306 e. The lowest BCUT2D eigenvalue weighted by atomic mass is 10.0. The van der Waals surface area contributed by atoms with Crippen LogP contribution in [0.3, 0.4) is 0 Å². The quantitative estimate of drug-likeness (QED) is 0.0195. The second-order valence-electron chi connectivity index (χ2n) is 24.9. The molecule has 0 spiro atoms. The molecular weight excluding hydrogens is 1040 g/mol. The highest BCUT2D eigenvalue weighted by Crippen LogP contribution is 2.38. The summed E-state index contributed by atoms with van der Waals surface area (Å²) >= 11 is 0. The molecule has 0 amide bonds. The van der Waals surface area contributed by atoms with Gasteiger partial charge in [0.1, 0.15) is 19.8 Å². The summed E-state index contributed by atoms with van der Waals surface area (Å²) in [5, 5.41) is 0. The first-order chi connectivity index (χ1) is 40.0. The van der Waals surface area contributed by atoms with Crippen molar-refractivity contribution in [3.63, 3.8) is 0 Å². The van der Waals surface area contributed by atoms with Crippen LogP contribution < -0.4 is 4.89 Å². The number of carbonyl (C=O) groups excluding carboxylic acids is 2. The molecule has 9 nitrogen and oxygen atoms in total. The number of ether oxygens (including phenoxy) is 2. The molecule has 0 aliphatic rings. The monoisotopic (exact) mass is 1170 g/mol. The number of hydrogen-bond donors (Lipinski definition) is 0. The van der Waals surface area contributed by atoms with Crippen LogP contribution >= 0.6 is 7.82 Å². The zero-order valence-corrected chi connectivity index (χ0v) is 55.6. The Hall–Kier alpha value is -2.29. The smallest absolute Gasteiger partial charge is 0.306 e. The molecule has 2 atom stereocenters. The number of likely N-dealkylation sites (N-methyl/N-ethyl adjacent to an activating group) is 1. The topological polar surface area (TPSA) is 111 Å². The first-order valence-corrected chi connectivity index (χ1v) is 36.5. The number of esters is 2. The van der Waals surface area contributed by atoms with Gasteiger partial charge < -0.3 is 27.9 Å². The Morgan fingerprint density at radius 1 is 0.390 bits per heavy atom. The minimum Gasteiger partial charge on any atom is -0.756 e. The summed E-state index contributed by atoms with van der Waals surface area (Å²) in [6, 6.07) is 0. The van der Waals surface area contributed by atoms with Crippen LogP contribution in [0.1, 0.15) is 335 Å². The summed E-state index contributed by atoms with van der Waals surface area (Å²) in [6.07, 6.45) is 83.0. The Kier molecular flexibility index (Phi) is 61.5. The number of phosphoric acid groups is 1. The van der Waals surface area contributed by atoms with Gasteiger partial charge in [0.25, 0.3) is 7.82 Å². The van der Waals surface area contributed by atoms with Crippen LogP contribution in [0.5, 0.6) is 0 Å². The van der Waals surface area contributed by atoms with E-state index in [2.05, 4.69) is 74.6 Å². The minimum atomic E-state index is -4.64. The van der Waals surface area contributed by atoms with Crippen molar-refractivity contribution >= 4 is 19.8 Å². The van der Waals surface area contributed by atoms with E-state index >= 15 is 0 Å². The van der Waals surface area contributed by atoms with Crippen molar-refractivity contribution < 1.29 is 42.1 Å². The van der Waals surface area contributed by atoms with Gasteiger partial charge in [-0.3, -0.25) is 14.2 Å². The van der Waals surface area contributed by atoms with E-state index < -0.39 is 26.5 Å². The van der Waals surface area contributed by atoms with Gasteiger partial charge in [-0.05, 0) is 57.8 Å². The SMILES string of the molecule is CC/C=C\C/C=C\C/C=C\C/C=C\C/C=C\CCCCCCCCCCCCCCCCCC(=O)OC(COC(=O)CCCCCCCCCCCCCCCCCCCCCCCCCCCCC)COP(=O)([O-])OCC[N+](C)(C)C. The number of phosphoric ester groups is 1. The summed E-state index contributed by atoms with van der Waals surface area (Å²) in [6.45, 7) is 4.19. The highest BCUT2D eigenvalue weighted by atomic mass is 31.2. The Balaban J connectivity index is 4.02. The molecule has 0 aromatic rings. The molecule has 0 N–H and O–H groups in total. The van der Waals surface area contributed by atoms with E-state index in [9.17, 15) is 19.0 Å². The zero-order valence-electron chi connectivity index (χ0n) is 54.7. The number of carbonyl (C=O) groups is 2. The van der Waals surface area contributed by atoms with Gasteiger partial charge in [0.15, 0.2) is 6.10 Å². The van der Waals surface area contributed by atoms with Crippen molar-refractivity contribution in [2.75, 3.05) is 47.5 Å². The highest BCUT2D eigenvalue weighted by Gasteiger charge is 2.22. The van der Waals surface area contributed by atoms with Gasteiger partial charge in [0.05, 0.1) is 27.7 Å². The fraction of sp³-hybridized carbons (Fsp3) is 0.833. The molecule has 480 valence electrons. The zero-order chi connectivity index (χ0) is 59.8. The van der Waals surface area contributed by atoms with E-state index in [1.54, 1.807) is 0 Å². The predicted molar refractivity (Wildman–Crippen MR) is 351 cm³/mol. The molecule has 0 saturated heterocycles. The molecule has 0 rings (SSSR count). The van der Waals surface area contributed by atoms with Crippen LogP contribution in [-0.4, -0.2) is 70.0 Å². The van der Waals surface area contributed by atoms with Crippen LogP contribution in [0.4, 0.5) is 0 Å². The number of unbranched alkanes of at least 4 members (excludes halogenated alkanes) is 41. The van der Waals surface area contributed by atoms with Gasteiger partial charge in [-0.15, -0.1) is 0 Å². The Morgan fingerprint density at radius 2 is 0.695 bits per heavy atom. The van der Waals surface area contributed by atoms with Crippen LogP contribution in [-0.2, 0) is 32.7 Å². The van der Waals surface area contributed by atoms with Gasteiger partial charge in [-0.25, -0.2) is 0 Å². The van der Waals surface area contributed by atoms with Crippen LogP contribution in [0.25, 0.3) is 0 Å². The van der Waals surface area contributed by atoms with Crippen molar-refractivity contribution in [1.82, 2.24) is 0 Å². The van der Waals surface area contributed by atoms with Crippen LogP contribution in [0, 0.1) is 0 Å². The van der Waals surface area contributed by atoms with Crippen molar-refractivity contribution in [2.45, 2.75) is 341 Å². The van der Waals surface area contributed by atoms with Gasteiger partial charge in [0.2, 0.25) is 0 Å². The average Bonchev–Trinajstić information content (AvgIpc) is 3.46. The average molecular weight is 1170 g/mol. The van der Waals surface area contributed by atoms with E-state index in [-0.39, 0.29) is 32.0 Å². The van der Waals surface area contributed by atoms with E-state index in [1.165, 1.54) is 231 Å². The van der Waals surface area contributed by atoms with Crippen LogP contribution in [0.2, 0.25) is 0 Å². The molecule has 0 saturated carbocycles. The van der Waals surface area contributed by atoms with Crippen molar-refractivity contribution in [2.24, 2.45) is 0 Å². The lowest BCUT2D eigenvalue weighted by Crippen LogP contribution is -2.37. The number of nitrogens with zero attached hydrogens (tertiary/aromatic N) is 1. The summed E-state index contributed by atoms with van der Waals surface area (Å²) in [5.41, 5.74) is 0. The Labute approximate surface area is 508 Å². The van der Waals surface area contributed by atoms with Crippen molar-refractivity contribution in [1.29, 1.82) is 0 Å². The van der Waals surface area contributed by atoms with E-state index in [0.29, 0.717) is 17.4 Å². The molecule has 0 aliphatic heterocycles. The molecule has 0 aromatic carbocycles. The molecule has 0 fully saturated rings. The molecule has 2 unspecified atom stereocenters. The second-order valence-corrected chi connectivity index (χ2v) is 26.3. The Bertz CT molecular complexity index is 1570. The van der Waals surface area contributed by atoms with Gasteiger partial charge >= 0.3 is 11.9 Å². The summed E-state index contributed by atoms with van der Waals surface area (Å²) in [4.78, 5) is 38.1. The van der Waals surface area contributed by atoms with Gasteiger partial charge in [-0.1, -0.05) is 325 Å². The van der Waals surface area contributed by atoms with Crippen LogP contribution in [0.15, 0.2) is 60.8 Å². The molecule has 0 aromatic heterocycles. The minimum absolute atomic E-state index is 0.0297. The first-order valence-electron chi connectivity index (χ1n) is 35.0. The van der Waals surface area contributed by atoms with E-state index in [0.717, 1.165) is 70.6 Å². The van der Waals surface area contributed by atoms with Gasteiger partial charge in [-0.2, -0.15) is 0 Å². The number of quaternary nitrogens is 1. The highest BCUT2D eigenvalue weighted by molar-refractivity contribution is 7.45. The first kappa shape index (κ1) is 79.7. The maximum absolute atomic E-state index is 12.9. The molecule has 0 heterocycles. The largest absolute Gasteiger partial charge is 0.756 e. The standard InChI is InChI=1S/C72H134NO8P/c1-6-8-10-12-14-16-18-20-22-24-26-28-30-32-34-35-36-37-39-41-43-45-47-49-51-53-55-57-59-61-63-65-72(75)81-70(69-80-82(76,77)79-67-66-73(3,4)5)68-78-71(74)64-62-60-58-56-54-52-50-48-46-44-42-40-38-33-31-29-27-25-23-21-19-17-15-13-11-9-7-2/h8,10,14,16,20,22,26,28,32,34,70H,6-7,9,11-13,15,17-19,21,23-25,27,29-31,33,35-69H2,1-5H3/b10-8-,16-14-,22-20-,28-26-,34-32-. The third-order valence-electron chi connectivity index (χ3n) is 15.6. The lowest BCUT2D eigenvalue weighted by molar-refractivity contribution is -0.870. The fourth-order valence-electron chi connectivity index (χ4n) is 10.2. The van der Waals surface area contributed by atoms with Crippen molar-refractivity contribution in [3.8, 4) is 0 Å². The maximum atomic E-state index is 12.9. The molecule has 82 heavy (non-hydrogen) atoms. The second kappa shape index (κ2) is 63.2.